The molecule has 1 unspecified atom stereocenters. The van der Waals surface area contributed by atoms with Crippen molar-refractivity contribution in [2.45, 2.75) is 46.2 Å². The molecule has 1 aromatic rings. The van der Waals surface area contributed by atoms with E-state index in [4.69, 9.17) is 9.47 Å². The fraction of sp³-hybridized carbons (Fsp3) is 0.571. The summed E-state index contributed by atoms with van der Waals surface area (Å²) < 4.78 is 11.1. The lowest BCUT2D eigenvalue weighted by atomic mass is 10.0. The molecule has 0 aromatic heterocycles. The molecule has 94 valence electrons. The number of hydrogen-bond donors (Lipinski definition) is 1. The molecule has 0 saturated carbocycles. The smallest absolute Gasteiger partial charge is 0.158 e. The zero-order valence-corrected chi connectivity index (χ0v) is 10.5. The van der Waals surface area contributed by atoms with Crippen LogP contribution >= 0.6 is 0 Å². The first-order chi connectivity index (χ1) is 8.20. The summed E-state index contributed by atoms with van der Waals surface area (Å²) in [6.45, 7) is 5.50. The number of aliphatic hydroxyl groups is 1. The highest BCUT2D eigenvalue weighted by Crippen LogP contribution is 2.20. The third kappa shape index (κ3) is 3.06. The minimum absolute atomic E-state index is 0.0609. The van der Waals surface area contributed by atoms with Gasteiger partial charge in [-0.3, -0.25) is 0 Å². The van der Waals surface area contributed by atoms with Crippen LogP contribution in [-0.4, -0.2) is 18.0 Å². The van der Waals surface area contributed by atoms with E-state index >= 15 is 0 Å². The van der Waals surface area contributed by atoms with Crippen molar-refractivity contribution >= 4 is 0 Å². The summed E-state index contributed by atoms with van der Waals surface area (Å²) in [7, 11) is 0. The third-order valence-electron chi connectivity index (χ3n) is 3.30. The molecule has 1 aliphatic heterocycles. The van der Waals surface area contributed by atoms with Gasteiger partial charge in [-0.1, -0.05) is 12.1 Å². The lowest BCUT2D eigenvalue weighted by Gasteiger charge is -2.14. The van der Waals surface area contributed by atoms with E-state index in [1.54, 1.807) is 0 Å². The second kappa shape index (κ2) is 5.63. The van der Waals surface area contributed by atoms with Gasteiger partial charge in [-0.2, -0.15) is 0 Å². The number of rotatable bonds is 4. The molecule has 0 spiro atoms. The molecule has 3 heteroatoms. The van der Waals surface area contributed by atoms with E-state index in [-0.39, 0.29) is 12.9 Å². The van der Waals surface area contributed by atoms with Crippen molar-refractivity contribution in [2.24, 2.45) is 0 Å². The molecule has 3 nitrogen and oxygen atoms in total. The molecule has 1 aromatic carbocycles. The van der Waals surface area contributed by atoms with Gasteiger partial charge in [0.25, 0.3) is 0 Å². The van der Waals surface area contributed by atoms with E-state index in [1.165, 1.54) is 11.1 Å². The topological polar surface area (TPSA) is 38.7 Å². The van der Waals surface area contributed by atoms with Crippen molar-refractivity contribution in [3.05, 3.63) is 34.4 Å². The Balaban J connectivity index is 2.05. The Morgan fingerprint density at radius 1 is 1.29 bits per heavy atom. The summed E-state index contributed by atoms with van der Waals surface area (Å²) in [5.74, 6) is 0. The normalized spacial score (nSPS) is 19.8. The van der Waals surface area contributed by atoms with Gasteiger partial charge in [-0.05, 0) is 42.5 Å². The van der Waals surface area contributed by atoms with Crippen LogP contribution in [0.3, 0.4) is 0 Å². The van der Waals surface area contributed by atoms with E-state index in [9.17, 15) is 5.11 Å². The van der Waals surface area contributed by atoms with Crippen LogP contribution in [0.4, 0.5) is 0 Å². The van der Waals surface area contributed by atoms with Crippen molar-refractivity contribution in [2.75, 3.05) is 6.61 Å². The van der Waals surface area contributed by atoms with Gasteiger partial charge in [0.1, 0.15) is 0 Å². The van der Waals surface area contributed by atoms with Crippen LogP contribution in [0.25, 0.3) is 0 Å². The Hall–Kier alpha value is -0.900. The summed E-state index contributed by atoms with van der Waals surface area (Å²) in [5.41, 5.74) is 4.44. The fourth-order valence-corrected chi connectivity index (χ4v) is 2.08. The zero-order chi connectivity index (χ0) is 12.3. The van der Waals surface area contributed by atoms with Crippen molar-refractivity contribution in [3.63, 3.8) is 0 Å². The highest BCUT2D eigenvalue weighted by atomic mass is 16.7. The summed E-state index contributed by atoms with van der Waals surface area (Å²) in [6, 6.07) is 4.12. The fourth-order valence-electron chi connectivity index (χ4n) is 2.08. The largest absolute Gasteiger partial charge is 0.392 e. The Bertz CT molecular complexity index is 381. The lowest BCUT2D eigenvalue weighted by molar-refractivity contribution is -0.119. The standard InChI is InChI=1S/C14H20O3/c1-10-6-12(8-15)13(7-11(10)2)9-17-14-4-3-5-16-14/h6-7,14-15H,3-5,8-9H2,1-2H3. The van der Waals surface area contributed by atoms with E-state index < -0.39 is 0 Å². The zero-order valence-electron chi connectivity index (χ0n) is 10.5. The van der Waals surface area contributed by atoms with Gasteiger partial charge >= 0.3 is 0 Å². The van der Waals surface area contributed by atoms with Gasteiger partial charge in [-0.25, -0.2) is 0 Å². The summed E-state index contributed by atoms with van der Waals surface area (Å²) >= 11 is 0. The SMILES string of the molecule is Cc1cc(CO)c(COC2CCCO2)cc1C. The van der Waals surface area contributed by atoms with Gasteiger partial charge in [0.15, 0.2) is 6.29 Å². The van der Waals surface area contributed by atoms with Crippen LogP contribution in [0.5, 0.6) is 0 Å². The number of aliphatic hydroxyl groups excluding tert-OH is 1. The molecule has 1 N–H and O–H groups in total. The molecule has 17 heavy (non-hydrogen) atoms. The van der Waals surface area contributed by atoms with Crippen LogP contribution in [0.2, 0.25) is 0 Å². The first kappa shape index (κ1) is 12.6. The van der Waals surface area contributed by atoms with Crippen LogP contribution in [-0.2, 0) is 22.7 Å². The second-order valence-corrected chi connectivity index (χ2v) is 4.62. The van der Waals surface area contributed by atoms with Crippen LogP contribution < -0.4 is 0 Å². The molecule has 1 fully saturated rings. The van der Waals surface area contributed by atoms with E-state index in [0.717, 1.165) is 30.6 Å². The highest BCUT2D eigenvalue weighted by molar-refractivity contribution is 5.36. The number of hydrogen-bond acceptors (Lipinski definition) is 3. The van der Waals surface area contributed by atoms with Crippen LogP contribution in [0, 0.1) is 13.8 Å². The first-order valence-corrected chi connectivity index (χ1v) is 6.14. The number of benzene rings is 1. The highest BCUT2D eigenvalue weighted by Gasteiger charge is 2.16. The Kier molecular flexibility index (Phi) is 4.15. The van der Waals surface area contributed by atoms with Crippen molar-refractivity contribution in [1.82, 2.24) is 0 Å². The molecule has 0 amide bonds. The van der Waals surface area contributed by atoms with Gasteiger partial charge in [-0.15, -0.1) is 0 Å². The van der Waals surface area contributed by atoms with E-state index in [2.05, 4.69) is 19.9 Å². The van der Waals surface area contributed by atoms with Crippen molar-refractivity contribution in [3.8, 4) is 0 Å². The van der Waals surface area contributed by atoms with Gasteiger partial charge in [0.2, 0.25) is 0 Å². The third-order valence-corrected chi connectivity index (χ3v) is 3.30. The maximum atomic E-state index is 9.34. The Morgan fingerprint density at radius 3 is 2.59 bits per heavy atom. The Morgan fingerprint density at radius 2 is 2.00 bits per heavy atom. The average molecular weight is 236 g/mol. The molecule has 1 heterocycles. The van der Waals surface area contributed by atoms with E-state index in [0.29, 0.717) is 6.61 Å². The molecular weight excluding hydrogens is 216 g/mol. The second-order valence-electron chi connectivity index (χ2n) is 4.62. The number of aryl methyl sites for hydroxylation is 2. The molecular formula is C14H20O3. The minimum Gasteiger partial charge on any atom is -0.392 e. The molecule has 0 aliphatic carbocycles. The summed E-state index contributed by atoms with van der Waals surface area (Å²) in [4.78, 5) is 0. The lowest BCUT2D eigenvalue weighted by Crippen LogP contribution is -2.11. The van der Waals surface area contributed by atoms with Gasteiger partial charge in [0, 0.05) is 13.0 Å². The Labute approximate surface area is 102 Å². The molecule has 2 rings (SSSR count). The number of ether oxygens (including phenoxy) is 2. The maximum Gasteiger partial charge on any atom is 0.158 e. The van der Waals surface area contributed by atoms with Gasteiger partial charge in [0.05, 0.1) is 13.2 Å². The van der Waals surface area contributed by atoms with Gasteiger partial charge < -0.3 is 14.6 Å². The van der Waals surface area contributed by atoms with E-state index in [1.807, 2.05) is 6.07 Å². The monoisotopic (exact) mass is 236 g/mol. The molecule has 1 saturated heterocycles. The maximum absolute atomic E-state index is 9.34. The summed E-state index contributed by atoms with van der Waals surface area (Å²) in [5, 5.41) is 9.34. The summed E-state index contributed by atoms with van der Waals surface area (Å²) in [6.07, 6.45) is 1.98. The van der Waals surface area contributed by atoms with Crippen LogP contribution in [0.1, 0.15) is 35.1 Å². The predicted molar refractivity (Wildman–Crippen MR) is 65.6 cm³/mol. The molecule has 0 radical (unpaired) electrons. The molecule has 0 bridgehead atoms. The molecule has 1 atom stereocenters. The minimum atomic E-state index is -0.0665. The van der Waals surface area contributed by atoms with Crippen molar-refractivity contribution in [1.29, 1.82) is 0 Å². The average Bonchev–Trinajstić information content (AvgIpc) is 2.83. The van der Waals surface area contributed by atoms with Crippen LogP contribution in [0.15, 0.2) is 12.1 Å². The predicted octanol–water partition coefficient (Wildman–Crippen LogP) is 2.45. The molecule has 1 aliphatic rings. The first-order valence-electron chi connectivity index (χ1n) is 6.14. The quantitative estimate of drug-likeness (QED) is 0.872. The van der Waals surface area contributed by atoms with Crippen molar-refractivity contribution < 1.29 is 14.6 Å².